The Morgan fingerprint density at radius 1 is 1.38 bits per heavy atom. The third-order valence-corrected chi connectivity index (χ3v) is 1.98. The van der Waals surface area contributed by atoms with E-state index >= 15 is 0 Å². The van der Waals surface area contributed by atoms with E-state index in [1.807, 2.05) is 6.92 Å². The second-order valence-electron chi connectivity index (χ2n) is 2.65. The van der Waals surface area contributed by atoms with Crippen molar-refractivity contribution in [2.24, 2.45) is 27.2 Å². The van der Waals surface area contributed by atoms with Crippen LogP contribution in [0.25, 0.3) is 0 Å². The SMILES string of the molecule is CSCCC(C)N=C(N)N=C(N)N. The van der Waals surface area contributed by atoms with Crippen molar-refractivity contribution >= 4 is 23.7 Å². The summed E-state index contributed by atoms with van der Waals surface area (Å²) in [6.45, 7) is 1.98. The molecule has 0 aliphatic carbocycles. The number of guanidine groups is 2. The van der Waals surface area contributed by atoms with E-state index < -0.39 is 0 Å². The van der Waals surface area contributed by atoms with Gasteiger partial charge in [0.15, 0.2) is 5.96 Å². The lowest BCUT2D eigenvalue weighted by Gasteiger charge is -2.04. The summed E-state index contributed by atoms with van der Waals surface area (Å²) in [5.74, 6) is 1.15. The molecule has 0 amide bonds. The third-order valence-electron chi connectivity index (χ3n) is 1.34. The van der Waals surface area contributed by atoms with Crippen molar-refractivity contribution in [3.63, 3.8) is 0 Å². The number of thioether (sulfide) groups is 1. The molecule has 76 valence electrons. The third kappa shape index (κ3) is 7.45. The van der Waals surface area contributed by atoms with Crippen LogP contribution in [-0.2, 0) is 0 Å². The van der Waals surface area contributed by atoms with Crippen molar-refractivity contribution in [2.45, 2.75) is 19.4 Å². The normalized spacial score (nSPS) is 13.8. The maximum absolute atomic E-state index is 5.44. The van der Waals surface area contributed by atoms with Gasteiger partial charge in [0.1, 0.15) is 0 Å². The first kappa shape index (κ1) is 12.1. The molecule has 0 aromatic carbocycles. The molecule has 0 rings (SSSR count). The van der Waals surface area contributed by atoms with Gasteiger partial charge in [0.25, 0.3) is 0 Å². The molecule has 0 radical (unpaired) electrons. The zero-order valence-corrected chi connectivity index (χ0v) is 8.84. The molecule has 0 aromatic rings. The molecule has 0 aromatic heterocycles. The van der Waals surface area contributed by atoms with Crippen molar-refractivity contribution in [3.8, 4) is 0 Å². The molecule has 0 fully saturated rings. The lowest BCUT2D eigenvalue weighted by molar-refractivity contribution is 0.722. The van der Waals surface area contributed by atoms with Gasteiger partial charge in [-0.2, -0.15) is 16.8 Å². The molecule has 0 saturated carbocycles. The Morgan fingerprint density at radius 3 is 2.46 bits per heavy atom. The first-order valence-electron chi connectivity index (χ1n) is 3.98. The number of nitrogens with zero attached hydrogens (tertiary/aromatic N) is 2. The summed E-state index contributed by atoms with van der Waals surface area (Å²) in [4.78, 5) is 7.71. The van der Waals surface area contributed by atoms with Crippen LogP contribution in [0.1, 0.15) is 13.3 Å². The van der Waals surface area contributed by atoms with Gasteiger partial charge in [0.05, 0.1) is 6.04 Å². The Kier molecular flexibility index (Phi) is 6.13. The molecule has 1 unspecified atom stereocenters. The molecule has 6 heteroatoms. The van der Waals surface area contributed by atoms with E-state index in [9.17, 15) is 0 Å². The van der Waals surface area contributed by atoms with E-state index in [0.717, 1.165) is 12.2 Å². The molecular formula is C7H17N5S. The summed E-state index contributed by atoms with van der Waals surface area (Å²) < 4.78 is 0. The number of rotatable bonds is 4. The Morgan fingerprint density at radius 2 is 2.00 bits per heavy atom. The monoisotopic (exact) mass is 203 g/mol. The van der Waals surface area contributed by atoms with Crippen LogP contribution in [0.5, 0.6) is 0 Å². The molecule has 1 atom stereocenters. The molecule has 5 nitrogen and oxygen atoms in total. The minimum absolute atomic E-state index is 0.0571. The smallest absolute Gasteiger partial charge is 0.218 e. The number of nitrogens with two attached hydrogens (primary N) is 3. The summed E-state index contributed by atoms with van der Waals surface area (Å²) in [6.07, 6.45) is 3.03. The average Bonchev–Trinajstić information content (AvgIpc) is 1.98. The molecule has 0 aliphatic rings. The fourth-order valence-corrected chi connectivity index (χ4v) is 1.32. The van der Waals surface area contributed by atoms with Crippen LogP contribution in [0.4, 0.5) is 0 Å². The maximum Gasteiger partial charge on any atom is 0.218 e. The zero-order chi connectivity index (χ0) is 10.3. The fraction of sp³-hybridized carbons (Fsp3) is 0.714. The van der Waals surface area contributed by atoms with Crippen molar-refractivity contribution in [3.05, 3.63) is 0 Å². The van der Waals surface area contributed by atoms with Crippen molar-refractivity contribution in [2.75, 3.05) is 12.0 Å². The largest absolute Gasteiger partial charge is 0.370 e. The van der Waals surface area contributed by atoms with Gasteiger partial charge in [-0.15, -0.1) is 0 Å². The second kappa shape index (κ2) is 6.59. The molecular weight excluding hydrogens is 186 g/mol. The van der Waals surface area contributed by atoms with Crippen LogP contribution in [0.2, 0.25) is 0 Å². The van der Waals surface area contributed by atoms with Crippen LogP contribution < -0.4 is 17.2 Å². The van der Waals surface area contributed by atoms with Gasteiger partial charge in [0.2, 0.25) is 5.96 Å². The summed E-state index contributed by atoms with van der Waals surface area (Å²) in [5.41, 5.74) is 15.7. The lowest BCUT2D eigenvalue weighted by atomic mass is 10.3. The zero-order valence-electron chi connectivity index (χ0n) is 8.03. The maximum atomic E-state index is 5.44. The van der Waals surface area contributed by atoms with E-state index in [1.54, 1.807) is 11.8 Å². The minimum atomic E-state index is -0.0571. The van der Waals surface area contributed by atoms with Crippen LogP contribution in [0.3, 0.4) is 0 Å². The highest BCUT2D eigenvalue weighted by molar-refractivity contribution is 7.98. The molecule has 0 heterocycles. The minimum Gasteiger partial charge on any atom is -0.370 e. The van der Waals surface area contributed by atoms with Crippen LogP contribution in [0, 0.1) is 0 Å². The standard InChI is InChI=1S/C7H17N5S/c1-5(3-4-13-2)11-7(10)12-6(8)9/h5H,3-4H2,1-2H3,(H6,8,9,10,11,12). The van der Waals surface area contributed by atoms with Crippen LogP contribution >= 0.6 is 11.8 Å². The molecule has 13 heavy (non-hydrogen) atoms. The van der Waals surface area contributed by atoms with E-state index in [0.29, 0.717) is 0 Å². The van der Waals surface area contributed by atoms with Crippen molar-refractivity contribution in [1.82, 2.24) is 0 Å². The van der Waals surface area contributed by atoms with Crippen molar-refractivity contribution < 1.29 is 0 Å². The number of hydrogen-bond acceptors (Lipinski definition) is 2. The van der Waals surface area contributed by atoms with Gasteiger partial charge in [-0.05, 0) is 25.4 Å². The average molecular weight is 203 g/mol. The quantitative estimate of drug-likeness (QED) is 0.431. The first-order chi connectivity index (χ1) is 6.06. The predicted molar refractivity (Wildman–Crippen MR) is 59.9 cm³/mol. The number of aliphatic imine (C=N–C) groups is 2. The second-order valence-corrected chi connectivity index (χ2v) is 3.64. The van der Waals surface area contributed by atoms with Crippen LogP contribution in [0.15, 0.2) is 9.98 Å². The fourth-order valence-electron chi connectivity index (χ4n) is 0.740. The predicted octanol–water partition coefficient (Wildman–Crippen LogP) is -0.284. The topological polar surface area (TPSA) is 103 Å². The van der Waals surface area contributed by atoms with Gasteiger partial charge >= 0.3 is 0 Å². The molecule has 6 N–H and O–H groups in total. The Balaban J connectivity index is 3.98. The Bertz CT molecular complexity index is 197. The molecule has 0 bridgehead atoms. The number of hydrogen-bond donors (Lipinski definition) is 3. The summed E-state index contributed by atoms with van der Waals surface area (Å²) in [7, 11) is 0. The summed E-state index contributed by atoms with van der Waals surface area (Å²) >= 11 is 1.78. The van der Waals surface area contributed by atoms with Gasteiger partial charge in [-0.3, -0.25) is 0 Å². The highest BCUT2D eigenvalue weighted by atomic mass is 32.2. The van der Waals surface area contributed by atoms with E-state index in [-0.39, 0.29) is 18.0 Å². The van der Waals surface area contributed by atoms with Gasteiger partial charge in [-0.1, -0.05) is 0 Å². The Hall–Kier alpha value is -0.910. The summed E-state index contributed by atoms with van der Waals surface area (Å²) in [5, 5.41) is 0. The highest BCUT2D eigenvalue weighted by Gasteiger charge is 1.99. The van der Waals surface area contributed by atoms with E-state index in [4.69, 9.17) is 17.2 Å². The highest BCUT2D eigenvalue weighted by Crippen LogP contribution is 2.02. The molecule has 0 spiro atoms. The van der Waals surface area contributed by atoms with Gasteiger partial charge in [-0.25, -0.2) is 4.99 Å². The first-order valence-corrected chi connectivity index (χ1v) is 5.37. The van der Waals surface area contributed by atoms with Gasteiger partial charge in [0, 0.05) is 0 Å². The van der Waals surface area contributed by atoms with Crippen molar-refractivity contribution in [1.29, 1.82) is 0 Å². The molecule has 0 aliphatic heterocycles. The lowest BCUT2D eigenvalue weighted by Crippen LogP contribution is -2.27. The summed E-state index contributed by atoms with van der Waals surface area (Å²) in [6, 6.07) is 0.163. The van der Waals surface area contributed by atoms with E-state index in [2.05, 4.69) is 16.2 Å². The molecule has 0 saturated heterocycles. The van der Waals surface area contributed by atoms with Crippen LogP contribution in [-0.4, -0.2) is 30.0 Å². The Labute approximate surface area is 82.9 Å². The van der Waals surface area contributed by atoms with E-state index in [1.165, 1.54) is 0 Å². The van der Waals surface area contributed by atoms with Gasteiger partial charge < -0.3 is 17.2 Å².